The van der Waals surface area contributed by atoms with E-state index in [0.29, 0.717) is 6.54 Å². The third kappa shape index (κ3) is 3.04. The molecule has 1 saturated heterocycles. The Morgan fingerprint density at radius 3 is 2.82 bits per heavy atom. The fourth-order valence-electron chi connectivity index (χ4n) is 1.69. The molecule has 0 aromatic heterocycles. The Balaban J connectivity index is 2.21. The van der Waals surface area contributed by atoms with Crippen LogP contribution in [0.25, 0.3) is 0 Å². The molecule has 1 aliphatic heterocycles. The molecule has 0 aliphatic carbocycles. The summed E-state index contributed by atoms with van der Waals surface area (Å²) in [4.78, 5) is -0.0508. The quantitative estimate of drug-likeness (QED) is 0.880. The molecule has 0 saturated carbocycles. The summed E-state index contributed by atoms with van der Waals surface area (Å²) < 4.78 is 39.9. The first-order valence-electron chi connectivity index (χ1n) is 5.17. The van der Waals surface area contributed by atoms with Gasteiger partial charge in [0.05, 0.1) is 9.37 Å². The Labute approximate surface area is 108 Å². The number of hydrogen-bond donors (Lipinski definition) is 2. The maximum atomic E-state index is 13.3. The van der Waals surface area contributed by atoms with E-state index in [-0.39, 0.29) is 15.4 Å². The third-order valence-electron chi connectivity index (χ3n) is 2.58. The molecule has 17 heavy (non-hydrogen) atoms. The van der Waals surface area contributed by atoms with E-state index in [2.05, 4.69) is 26.0 Å². The van der Waals surface area contributed by atoms with Crippen molar-refractivity contribution in [2.45, 2.75) is 17.4 Å². The zero-order chi connectivity index (χ0) is 12.5. The molecule has 1 fully saturated rings. The van der Waals surface area contributed by atoms with Gasteiger partial charge < -0.3 is 5.32 Å². The summed E-state index contributed by atoms with van der Waals surface area (Å²) in [7, 11) is -3.63. The van der Waals surface area contributed by atoms with Crippen LogP contribution in [0, 0.1) is 5.82 Å². The molecule has 1 aromatic carbocycles. The fourth-order valence-corrected chi connectivity index (χ4v) is 3.22. The van der Waals surface area contributed by atoms with E-state index in [9.17, 15) is 12.8 Å². The fraction of sp³-hybridized carbons (Fsp3) is 0.400. The van der Waals surface area contributed by atoms with Crippen LogP contribution in [-0.4, -0.2) is 27.5 Å². The molecule has 0 unspecified atom stereocenters. The maximum absolute atomic E-state index is 13.3. The summed E-state index contributed by atoms with van der Waals surface area (Å²) in [6.45, 7) is 1.40. The average molecular weight is 323 g/mol. The van der Waals surface area contributed by atoms with Gasteiger partial charge in [-0.2, -0.15) is 0 Å². The van der Waals surface area contributed by atoms with E-state index in [0.717, 1.165) is 19.0 Å². The molecule has 1 aromatic rings. The van der Waals surface area contributed by atoms with Gasteiger partial charge in [0, 0.05) is 12.6 Å². The average Bonchev–Trinajstić information content (AvgIpc) is 2.73. The number of hydrogen-bond acceptors (Lipinski definition) is 3. The largest absolute Gasteiger partial charge is 0.315 e. The molecule has 7 heteroatoms. The van der Waals surface area contributed by atoms with E-state index in [1.54, 1.807) is 0 Å². The van der Waals surface area contributed by atoms with Gasteiger partial charge in [-0.15, -0.1) is 0 Å². The van der Waals surface area contributed by atoms with Crippen molar-refractivity contribution >= 4 is 26.0 Å². The number of halogens is 2. The molecule has 0 amide bonds. The molecule has 94 valence electrons. The molecule has 1 heterocycles. The Morgan fingerprint density at radius 2 is 2.24 bits per heavy atom. The Hall–Kier alpha value is -0.500. The van der Waals surface area contributed by atoms with Crippen LogP contribution in [0.15, 0.2) is 27.6 Å². The van der Waals surface area contributed by atoms with Crippen LogP contribution in [-0.2, 0) is 10.0 Å². The van der Waals surface area contributed by atoms with Gasteiger partial charge in [0.15, 0.2) is 0 Å². The van der Waals surface area contributed by atoms with Crippen molar-refractivity contribution in [3.63, 3.8) is 0 Å². The summed E-state index contributed by atoms with van der Waals surface area (Å²) in [5, 5.41) is 3.06. The van der Waals surface area contributed by atoms with Crippen LogP contribution >= 0.6 is 15.9 Å². The van der Waals surface area contributed by atoms with Crippen molar-refractivity contribution < 1.29 is 12.8 Å². The van der Waals surface area contributed by atoms with Gasteiger partial charge in [-0.05, 0) is 47.1 Å². The lowest BCUT2D eigenvalue weighted by atomic mass is 10.3. The summed E-state index contributed by atoms with van der Waals surface area (Å²) in [6.07, 6.45) is 0.748. The lowest BCUT2D eigenvalue weighted by Crippen LogP contribution is -2.36. The Bertz CT molecular complexity index is 515. The second kappa shape index (κ2) is 5.01. The van der Waals surface area contributed by atoms with Crippen molar-refractivity contribution in [1.29, 1.82) is 0 Å². The van der Waals surface area contributed by atoms with E-state index < -0.39 is 15.8 Å². The Kier molecular flexibility index (Phi) is 3.82. The smallest absolute Gasteiger partial charge is 0.240 e. The predicted molar refractivity (Wildman–Crippen MR) is 65.7 cm³/mol. The van der Waals surface area contributed by atoms with Gasteiger partial charge in [0.25, 0.3) is 0 Å². The zero-order valence-corrected chi connectivity index (χ0v) is 11.3. The highest BCUT2D eigenvalue weighted by Gasteiger charge is 2.23. The molecule has 1 atom stereocenters. The van der Waals surface area contributed by atoms with Crippen molar-refractivity contribution in [3.8, 4) is 0 Å². The topological polar surface area (TPSA) is 58.2 Å². The normalized spacial score (nSPS) is 20.7. The van der Waals surface area contributed by atoms with E-state index in [4.69, 9.17) is 0 Å². The summed E-state index contributed by atoms with van der Waals surface area (Å²) in [5.74, 6) is -0.586. The summed E-state index contributed by atoms with van der Waals surface area (Å²) in [6, 6.07) is 3.65. The lowest BCUT2D eigenvalue weighted by molar-refractivity contribution is 0.557. The third-order valence-corrected chi connectivity index (χ3v) is 4.74. The molecule has 0 bridgehead atoms. The van der Waals surface area contributed by atoms with Crippen molar-refractivity contribution in [3.05, 3.63) is 28.5 Å². The first-order chi connectivity index (χ1) is 7.99. The maximum Gasteiger partial charge on any atom is 0.240 e. The second-order valence-electron chi connectivity index (χ2n) is 3.89. The molecule has 0 radical (unpaired) electrons. The van der Waals surface area contributed by atoms with E-state index in [1.807, 2.05) is 0 Å². The molecule has 0 spiro atoms. The lowest BCUT2D eigenvalue weighted by Gasteiger charge is -2.12. The highest BCUT2D eigenvalue weighted by molar-refractivity contribution is 9.10. The van der Waals surface area contributed by atoms with Crippen molar-refractivity contribution in [2.24, 2.45) is 0 Å². The van der Waals surface area contributed by atoms with Gasteiger partial charge in [-0.25, -0.2) is 17.5 Å². The van der Waals surface area contributed by atoms with Crippen molar-refractivity contribution in [1.82, 2.24) is 10.0 Å². The van der Waals surface area contributed by atoms with Crippen LogP contribution in [0.2, 0.25) is 0 Å². The van der Waals surface area contributed by atoms with Gasteiger partial charge >= 0.3 is 0 Å². The number of benzene rings is 1. The predicted octanol–water partition coefficient (Wildman–Crippen LogP) is 1.23. The minimum absolute atomic E-state index is 0.0508. The molecule has 2 N–H and O–H groups in total. The van der Waals surface area contributed by atoms with Crippen LogP contribution in [0.4, 0.5) is 4.39 Å². The van der Waals surface area contributed by atoms with E-state index >= 15 is 0 Å². The molecule has 2 rings (SSSR count). The SMILES string of the molecule is O=S(=O)(N[C@@H]1CCNC1)c1ccc(Br)c(F)c1. The molecular formula is C10H12BrFN2O2S. The minimum atomic E-state index is -3.63. The van der Waals surface area contributed by atoms with Crippen LogP contribution in [0.5, 0.6) is 0 Å². The van der Waals surface area contributed by atoms with E-state index in [1.165, 1.54) is 12.1 Å². The van der Waals surface area contributed by atoms with Gasteiger partial charge in [0.2, 0.25) is 10.0 Å². The molecule has 4 nitrogen and oxygen atoms in total. The standard InChI is InChI=1S/C10H12BrFN2O2S/c11-9-2-1-8(5-10(9)12)17(15,16)14-7-3-4-13-6-7/h1-2,5,7,13-14H,3-4,6H2/t7-/m1/s1. The minimum Gasteiger partial charge on any atom is -0.315 e. The summed E-state index contributed by atoms with van der Waals surface area (Å²) in [5.41, 5.74) is 0. The molecular weight excluding hydrogens is 311 g/mol. The number of rotatable bonds is 3. The monoisotopic (exact) mass is 322 g/mol. The van der Waals surface area contributed by atoms with Crippen LogP contribution < -0.4 is 10.0 Å². The van der Waals surface area contributed by atoms with Crippen LogP contribution in [0.1, 0.15) is 6.42 Å². The number of nitrogens with one attached hydrogen (secondary N) is 2. The highest BCUT2D eigenvalue weighted by Crippen LogP contribution is 2.19. The first kappa shape index (κ1) is 12.9. The Morgan fingerprint density at radius 1 is 1.47 bits per heavy atom. The van der Waals surface area contributed by atoms with Gasteiger partial charge in [-0.3, -0.25) is 0 Å². The van der Waals surface area contributed by atoms with Gasteiger partial charge in [-0.1, -0.05) is 0 Å². The molecule has 1 aliphatic rings. The second-order valence-corrected chi connectivity index (χ2v) is 6.46. The van der Waals surface area contributed by atoms with Crippen LogP contribution in [0.3, 0.4) is 0 Å². The number of sulfonamides is 1. The summed E-state index contributed by atoms with van der Waals surface area (Å²) >= 11 is 2.98. The highest BCUT2D eigenvalue weighted by atomic mass is 79.9. The zero-order valence-electron chi connectivity index (χ0n) is 8.91. The first-order valence-corrected chi connectivity index (χ1v) is 7.45. The van der Waals surface area contributed by atoms with Gasteiger partial charge in [0.1, 0.15) is 5.82 Å². The van der Waals surface area contributed by atoms with Crippen molar-refractivity contribution in [2.75, 3.05) is 13.1 Å².